The summed E-state index contributed by atoms with van der Waals surface area (Å²) in [5.74, 6) is 0.804. The second-order valence-electron chi connectivity index (χ2n) is 5.36. The minimum atomic E-state index is -0.977. The van der Waals surface area contributed by atoms with Gasteiger partial charge in [0.05, 0.1) is 19.8 Å². The van der Waals surface area contributed by atoms with E-state index in [2.05, 4.69) is 5.32 Å². The van der Waals surface area contributed by atoms with E-state index in [-0.39, 0.29) is 18.7 Å². The van der Waals surface area contributed by atoms with Gasteiger partial charge in [-0.3, -0.25) is 4.90 Å². The molecule has 21 heavy (non-hydrogen) atoms. The Morgan fingerprint density at radius 2 is 2.10 bits per heavy atom. The number of carboxylic acid groups (broad SMARTS) is 1. The summed E-state index contributed by atoms with van der Waals surface area (Å²) >= 11 is 0. The smallest absolute Gasteiger partial charge is 0.407 e. The van der Waals surface area contributed by atoms with Gasteiger partial charge in [0.25, 0.3) is 0 Å². The molecule has 6 nitrogen and oxygen atoms in total. The number of methoxy groups -OCH3 is 1. The van der Waals surface area contributed by atoms with E-state index in [0.717, 1.165) is 11.3 Å². The third kappa shape index (κ3) is 3.46. The van der Waals surface area contributed by atoms with Gasteiger partial charge >= 0.3 is 6.09 Å². The molecule has 1 heterocycles. The number of nitrogens with one attached hydrogen (secondary N) is 1. The lowest BCUT2D eigenvalue weighted by Gasteiger charge is -2.26. The number of nitrogens with zero attached hydrogens (tertiary/aromatic N) is 1. The van der Waals surface area contributed by atoms with Crippen molar-refractivity contribution in [2.45, 2.75) is 38.0 Å². The summed E-state index contributed by atoms with van der Waals surface area (Å²) in [6.07, 6.45) is -0.275. The molecule has 1 amide bonds. The molecule has 2 rings (SSSR count). The van der Waals surface area contributed by atoms with Crippen molar-refractivity contribution < 1.29 is 19.7 Å². The average Bonchev–Trinajstić information content (AvgIpc) is 2.81. The Morgan fingerprint density at radius 1 is 1.43 bits per heavy atom. The van der Waals surface area contributed by atoms with Crippen LogP contribution in [0.25, 0.3) is 0 Å². The number of carbonyl (C=O) groups is 1. The Bertz CT molecular complexity index is 477. The number of aliphatic hydroxyl groups is 1. The molecule has 1 saturated heterocycles. The number of hydrogen-bond acceptors (Lipinski definition) is 4. The van der Waals surface area contributed by atoms with Gasteiger partial charge in [-0.1, -0.05) is 12.1 Å². The quantitative estimate of drug-likeness (QED) is 0.762. The first-order valence-corrected chi connectivity index (χ1v) is 7.05. The summed E-state index contributed by atoms with van der Waals surface area (Å²) in [7, 11) is 1.62. The van der Waals surface area contributed by atoms with E-state index in [4.69, 9.17) is 4.74 Å². The number of hydrogen-bond donors (Lipinski definition) is 3. The van der Waals surface area contributed by atoms with E-state index in [9.17, 15) is 15.0 Å². The highest BCUT2D eigenvalue weighted by atomic mass is 16.5. The predicted molar refractivity (Wildman–Crippen MR) is 78.4 cm³/mol. The highest BCUT2D eigenvalue weighted by molar-refractivity contribution is 5.66. The number of aliphatic hydroxyl groups excluding tert-OH is 1. The first kappa shape index (κ1) is 15.6. The predicted octanol–water partition coefficient (Wildman–Crippen LogP) is 1.29. The summed E-state index contributed by atoms with van der Waals surface area (Å²) in [4.78, 5) is 12.6. The van der Waals surface area contributed by atoms with Gasteiger partial charge in [-0.2, -0.15) is 0 Å². The molecule has 2 unspecified atom stereocenters. The fraction of sp³-hybridized carbons (Fsp3) is 0.533. The zero-order chi connectivity index (χ0) is 15.4. The Balaban J connectivity index is 1.97. The number of rotatable bonds is 5. The van der Waals surface area contributed by atoms with Crippen molar-refractivity contribution in [2.75, 3.05) is 13.7 Å². The maximum atomic E-state index is 11.2. The van der Waals surface area contributed by atoms with Crippen LogP contribution in [0.3, 0.4) is 0 Å². The molecular formula is C15H22N2O4. The average molecular weight is 294 g/mol. The van der Waals surface area contributed by atoms with Crippen molar-refractivity contribution in [1.29, 1.82) is 0 Å². The molecule has 1 aromatic carbocycles. The van der Waals surface area contributed by atoms with Gasteiger partial charge in [-0.25, -0.2) is 4.79 Å². The number of ether oxygens (including phenoxy) is 1. The number of amides is 1. The lowest BCUT2D eigenvalue weighted by atomic mass is 10.1. The summed E-state index contributed by atoms with van der Waals surface area (Å²) in [5, 5.41) is 22.0. The Morgan fingerprint density at radius 3 is 2.62 bits per heavy atom. The number of likely N-dealkylation sites (tertiary alicyclic amines) is 1. The molecule has 1 aromatic rings. The van der Waals surface area contributed by atoms with Gasteiger partial charge < -0.3 is 20.3 Å². The van der Waals surface area contributed by atoms with Crippen LogP contribution in [-0.4, -0.2) is 53.0 Å². The SMILES string of the molecule is COc1ccc(CNC2C[C@@H](C)N(C(=O)O)C2CO)cc1. The Hall–Kier alpha value is -1.79. The minimum absolute atomic E-state index is 0.0387. The van der Waals surface area contributed by atoms with Crippen LogP contribution in [0.15, 0.2) is 24.3 Å². The third-order valence-corrected chi connectivity index (χ3v) is 4.03. The molecule has 3 atom stereocenters. The summed E-state index contributed by atoms with van der Waals surface area (Å²) < 4.78 is 5.11. The maximum absolute atomic E-state index is 11.2. The van der Waals surface area contributed by atoms with Crippen molar-refractivity contribution in [3.05, 3.63) is 29.8 Å². The zero-order valence-corrected chi connectivity index (χ0v) is 12.3. The molecule has 0 aliphatic carbocycles. The molecule has 116 valence electrons. The minimum Gasteiger partial charge on any atom is -0.497 e. The summed E-state index contributed by atoms with van der Waals surface area (Å²) in [6.45, 7) is 2.33. The fourth-order valence-corrected chi connectivity index (χ4v) is 2.92. The van der Waals surface area contributed by atoms with Gasteiger partial charge in [0.2, 0.25) is 0 Å². The van der Waals surface area contributed by atoms with Crippen LogP contribution >= 0.6 is 0 Å². The van der Waals surface area contributed by atoms with E-state index in [1.807, 2.05) is 31.2 Å². The standard InChI is InChI=1S/C15H22N2O4/c1-10-7-13(14(9-18)17(10)15(19)20)16-8-11-3-5-12(21-2)6-4-11/h3-6,10,13-14,16,18H,7-9H2,1-2H3,(H,19,20)/t10-,13?,14?/m1/s1. The largest absolute Gasteiger partial charge is 0.497 e. The van der Waals surface area contributed by atoms with Gasteiger partial charge in [0.1, 0.15) is 5.75 Å². The normalized spacial score (nSPS) is 25.1. The van der Waals surface area contributed by atoms with Gasteiger partial charge in [-0.05, 0) is 31.0 Å². The zero-order valence-electron chi connectivity index (χ0n) is 12.3. The molecule has 0 spiro atoms. The second-order valence-corrected chi connectivity index (χ2v) is 5.36. The highest BCUT2D eigenvalue weighted by Crippen LogP contribution is 2.24. The first-order valence-electron chi connectivity index (χ1n) is 7.05. The van der Waals surface area contributed by atoms with Gasteiger partial charge in [0.15, 0.2) is 0 Å². The van der Waals surface area contributed by atoms with Gasteiger partial charge in [0, 0.05) is 18.6 Å². The van der Waals surface area contributed by atoms with E-state index >= 15 is 0 Å². The molecule has 1 fully saturated rings. The fourth-order valence-electron chi connectivity index (χ4n) is 2.92. The first-order chi connectivity index (χ1) is 10.1. The van der Waals surface area contributed by atoms with E-state index in [1.165, 1.54) is 4.90 Å². The van der Waals surface area contributed by atoms with Crippen molar-refractivity contribution >= 4 is 6.09 Å². The van der Waals surface area contributed by atoms with Crippen molar-refractivity contribution in [1.82, 2.24) is 10.2 Å². The van der Waals surface area contributed by atoms with Crippen LogP contribution in [0.5, 0.6) is 5.75 Å². The molecule has 0 radical (unpaired) electrons. The molecule has 1 aliphatic heterocycles. The van der Waals surface area contributed by atoms with Crippen LogP contribution in [0.1, 0.15) is 18.9 Å². The molecule has 0 saturated carbocycles. The Kier molecular flexibility index (Phi) is 5.03. The van der Waals surface area contributed by atoms with Crippen molar-refractivity contribution in [2.24, 2.45) is 0 Å². The molecule has 0 aromatic heterocycles. The second kappa shape index (κ2) is 6.78. The lowest BCUT2D eigenvalue weighted by molar-refractivity contribution is 0.0977. The maximum Gasteiger partial charge on any atom is 0.407 e. The van der Waals surface area contributed by atoms with E-state index in [1.54, 1.807) is 7.11 Å². The molecule has 1 aliphatic rings. The summed E-state index contributed by atoms with van der Waals surface area (Å²) in [6, 6.07) is 7.19. The lowest BCUT2D eigenvalue weighted by Crippen LogP contribution is -2.47. The number of benzene rings is 1. The molecular weight excluding hydrogens is 272 g/mol. The Labute approximate surface area is 124 Å². The summed E-state index contributed by atoms with van der Waals surface area (Å²) in [5.41, 5.74) is 1.09. The molecule has 3 N–H and O–H groups in total. The van der Waals surface area contributed by atoms with Gasteiger partial charge in [-0.15, -0.1) is 0 Å². The van der Waals surface area contributed by atoms with Crippen LogP contribution in [-0.2, 0) is 6.54 Å². The highest BCUT2D eigenvalue weighted by Gasteiger charge is 2.41. The molecule has 6 heteroatoms. The van der Waals surface area contributed by atoms with Crippen molar-refractivity contribution in [3.8, 4) is 5.75 Å². The van der Waals surface area contributed by atoms with Crippen LogP contribution in [0.4, 0.5) is 4.79 Å². The topological polar surface area (TPSA) is 82.0 Å². The third-order valence-electron chi connectivity index (χ3n) is 4.03. The molecule has 0 bridgehead atoms. The van der Waals surface area contributed by atoms with Crippen molar-refractivity contribution in [3.63, 3.8) is 0 Å². The van der Waals surface area contributed by atoms with Crippen LogP contribution in [0, 0.1) is 0 Å². The van der Waals surface area contributed by atoms with Crippen LogP contribution in [0.2, 0.25) is 0 Å². The van der Waals surface area contributed by atoms with Crippen LogP contribution < -0.4 is 10.1 Å². The monoisotopic (exact) mass is 294 g/mol. The van der Waals surface area contributed by atoms with E-state index < -0.39 is 12.1 Å². The van der Waals surface area contributed by atoms with E-state index in [0.29, 0.717) is 13.0 Å².